The summed E-state index contributed by atoms with van der Waals surface area (Å²) < 4.78 is 0. The lowest BCUT2D eigenvalue weighted by Crippen LogP contribution is -2.51. The Balaban J connectivity index is 1.90. The van der Waals surface area contributed by atoms with Crippen LogP contribution in [0.2, 0.25) is 0 Å². The molecule has 1 aliphatic rings. The monoisotopic (exact) mass is 263 g/mol. The van der Waals surface area contributed by atoms with Gasteiger partial charge in [-0.15, -0.1) is 0 Å². The number of hydrogen-bond acceptors (Lipinski definition) is 5. The van der Waals surface area contributed by atoms with Gasteiger partial charge in [-0.2, -0.15) is 0 Å². The van der Waals surface area contributed by atoms with Gasteiger partial charge < -0.3 is 21.3 Å². The largest absolute Gasteiger partial charge is 0.398 e. The summed E-state index contributed by atoms with van der Waals surface area (Å²) in [7, 11) is 4.35. The number of nitrogens with two attached hydrogens (primary N) is 2. The average molecular weight is 263 g/mol. The first-order chi connectivity index (χ1) is 9.06. The van der Waals surface area contributed by atoms with E-state index >= 15 is 0 Å². The molecule has 0 spiro atoms. The van der Waals surface area contributed by atoms with Crippen LogP contribution in [0, 0.1) is 0 Å². The Labute approximate surface area is 115 Å². The third-order valence-electron chi connectivity index (χ3n) is 3.98. The quantitative estimate of drug-likeness (QED) is 0.810. The highest BCUT2D eigenvalue weighted by molar-refractivity contribution is 5.44. The van der Waals surface area contributed by atoms with E-state index in [1.165, 1.54) is 0 Å². The van der Waals surface area contributed by atoms with Crippen molar-refractivity contribution in [2.45, 2.75) is 24.9 Å². The van der Waals surface area contributed by atoms with Crippen molar-refractivity contribution in [3.8, 4) is 0 Å². The van der Waals surface area contributed by atoms with E-state index in [1.807, 2.05) is 12.3 Å². The van der Waals surface area contributed by atoms with Crippen LogP contribution in [0.15, 0.2) is 18.5 Å². The van der Waals surface area contributed by atoms with Gasteiger partial charge >= 0.3 is 0 Å². The van der Waals surface area contributed by atoms with Gasteiger partial charge in [0.15, 0.2) is 0 Å². The van der Waals surface area contributed by atoms with Crippen molar-refractivity contribution >= 4 is 5.69 Å². The van der Waals surface area contributed by atoms with Crippen molar-refractivity contribution in [1.82, 2.24) is 14.8 Å². The first-order valence-corrected chi connectivity index (χ1v) is 6.89. The highest BCUT2D eigenvalue weighted by atomic mass is 15.3. The molecule has 2 rings (SSSR count). The Morgan fingerprint density at radius 1 is 1.42 bits per heavy atom. The summed E-state index contributed by atoms with van der Waals surface area (Å²) in [6.07, 6.45) is 5.34. The smallest absolute Gasteiger partial charge is 0.0378 e. The molecule has 2 heterocycles. The molecule has 0 aliphatic carbocycles. The highest BCUT2D eigenvalue weighted by Crippen LogP contribution is 2.16. The molecular formula is C14H25N5. The second-order valence-corrected chi connectivity index (χ2v) is 5.67. The molecule has 4 N–H and O–H groups in total. The Bertz CT molecular complexity index is 409. The Morgan fingerprint density at radius 3 is 2.95 bits per heavy atom. The van der Waals surface area contributed by atoms with E-state index in [0.29, 0.717) is 6.04 Å². The lowest BCUT2D eigenvalue weighted by molar-refractivity contribution is 0.104. The summed E-state index contributed by atoms with van der Waals surface area (Å²) in [5, 5.41) is 0. The molecule has 5 heteroatoms. The Kier molecular flexibility index (Phi) is 4.74. The molecule has 0 aromatic carbocycles. The van der Waals surface area contributed by atoms with Crippen LogP contribution in [0.3, 0.4) is 0 Å². The van der Waals surface area contributed by atoms with Crippen LogP contribution in [-0.4, -0.2) is 60.6 Å². The number of nitrogen functional groups attached to an aromatic ring is 1. The second-order valence-electron chi connectivity index (χ2n) is 5.67. The summed E-state index contributed by atoms with van der Waals surface area (Å²) in [4.78, 5) is 8.90. The van der Waals surface area contributed by atoms with Crippen LogP contribution in [-0.2, 0) is 6.42 Å². The molecule has 2 atom stereocenters. The lowest BCUT2D eigenvalue weighted by Gasteiger charge is -2.38. The predicted octanol–water partition coefficient (Wildman–Crippen LogP) is 0.170. The SMILES string of the molecule is CN1CCN(C)C(CC(N)Cc2cnccc2N)C1. The van der Waals surface area contributed by atoms with Crippen LogP contribution < -0.4 is 11.5 Å². The summed E-state index contributed by atoms with van der Waals surface area (Å²) >= 11 is 0. The van der Waals surface area contributed by atoms with Gasteiger partial charge in [-0.05, 0) is 38.6 Å². The number of anilines is 1. The lowest BCUT2D eigenvalue weighted by atomic mass is 9.98. The first kappa shape index (κ1) is 14.2. The Morgan fingerprint density at radius 2 is 2.21 bits per heavy atom. The topological polar surface area (TPSA) is 71.4 Å². The van der Waals surface area contributed by atoms with Gasteiger partial charge in [-0.25, -0.2) is 0 Å². The van der Waals surface area contributed by atoms with Gasteiger partial charge in [0.25, 0.3) is 0 Å². The van der Waals surface area contributed by atoms with Gasteiger partial charge in [0.2, 0.25) is 0 Å². The van der Waals surface area contributed by atoms with E-state index < -0.39 is 0 Å². The van der Waals surface area contributed by atoms with Crippen molar-refractivity contribution in [1.29, 1.82) is 0 Å². The van der Waals surface area contributed by atoms with E-state index in [-0.39, 0.29) is 6.04 Å². The van der Waals surface area contributed by atoms with E-state index in [0.717, 1.165) is 43.7 Å². The summed E-state index contributed by atoms with van der Waals surface area (Å²) in [6.45, 7) is 3.34. The van der Waals surface area contributed by atoms with Gasteiger partial charge in [0.05, 0.1) is 0 Å². The number of likely N-dealkylation sites (N-methyl/N-ethyl adjacent to an activating group) is 2. The molecule has 5 nitrogen and oxygen atoms in total. The van der Waals surface area contributed by atoms with Crippen molar-refractivity contribution in [2.24, 2.45) is 5.73 Å². The third kappa shape index (κ3) is 3.89. The molecule has 1 aromatic heterocycles. The first-order valence-electron chi connectivity index (χ1n) is 6.89. The van der Waals surface area contributed by atoms with Crippen molar-refractivity contribution in [3.05, 3.63) is 24.0 Å². The van der Waals surface area contributed by atoms with Crippen molar-refractivity contribution in [2.75, 3.05) is 39.5 Å². The number of nitrogens with zero attached hydrogens (tertiary/aromatic N) is 3. The minimum absolute atomic E-state index is 0.130. The maximum absolute atomic E-state index is 6.28. The summed E-state index contributed by atoms with van der Waals surface area (Å²) in [5.41, 5.74) is 14.1. The maximum Gasteiger partial charge on any atom is 0.0378 e. The van der Waals surface area contributed by atoms with Crippen LogP contribution in [0.25, 0.3) is 0 Å². The fraction of sp³-hybridized carbons (Fsp3) is 0.643. The van der Waals surface area contributed by atoms with E-state index in [9.17, 15) is 0 Å². The van der Waals surface area contributed by atoms with Gasteiger partial charge in [-0.3, -0.25) is 4.98 Å². The van der Waals surface area contributed by atoms with Crippen molar-refractivity contribution < 1.29 is 0 Å². The van der Waals surface area contributed by atoms with E-state index in [4.69, 9.17) is 11.5 Å². The number of piperazine rings is 1. The van der Waals surface area contributed by atoms with Crippen molar-refractivity contribution in [3.63, 3.8) is 0 Å². The normalized spacial score (nSPS) is 23.4. The molecule has 2 unspecified atom stereocenters. The molecular weight excluding hydrogens is 238 g/mol. The third-order valence-corrected chi connectivity index (χ3v) is 3.98. The molecule has 0 radical (unpaired) electrons. The fourth-order valence-corrected chi connectivity index (χ4v) is 2.68. The second kappa shape index (κ2) is 6.32. The molecule has 0 saturated carbocycles. The molecule has 106 valence electrons. The van der Waals surface area contributed by atoms with Crippen LogP contribution in [0.1, 0.15) is 12.0 Å². The number of rotatable bonds is 4. The minimum Gasteiger partial charge on any atom is -0.398 e. The van der Waals surface area contributed by atoms with E-state index in [1.54, 1.807) is 6.20 Å². The number of aromatic nitrogens is 1. The zero-order valence-corrected chi connectivity index (χ0v) is 11.9. The number of hydrogen-bond donors (Lipinski definition) is 2. The molecule has 0 amide bonds. The standard InChI is InChI=1S/C14H25N5/c1-18-5-6-19(2)13(10-18)8-12(15)7-11-9-17-4-3-14(11)16/h3-4,9,12-13H,5-8,10,15H2,1-2H3,(H2,16,17). The summed E-state index contributed by atoms with van der Waals surface area (Å²) in [5.74, 6) is 0. The predicted molar refractivity (Wildman–Crippen MR) is 78.9 cm³/mol. The molecule has 1 aliphatic heterocycles. The van der Waals surface area contributed by atoms with Crippen LogP contribution in [0.5, 0.6) is 0 Å². The minimum atomic E-state index is 0.130. The zero-order chi connectivity index (χ0) is 13.8. The van der Waals surface area contributed by atoms with Gasteiger partial charge in [-0.1, -0.05) is 0 Å². The van der Waals surface area contributed by atoms with Gasteiger partial charge in [0.1, 0.15) is 0 Å². The fourth-order valence-electron chi connectivity index (χ4n) is 2.68. The molecule has 1 fully saturated rings. The van der Waals surface area contributed by atoms with Crippen LogP contribution >= 0.6 is 0 Å². The molecule has 19 heavy (non-hydrogen) atoms. The summed E-state index contributed by atoms with van der Waals surface area (Å²) in [6, 6.07) is 2.50. The molecule has 0 bridgehead atoms. The molecule has 1 saturated heterocycles. The number of pyridine rings is 1. The highest BCUT2D eigenvalue weighted by Gasteiger charge is 2.24. The maximum atomic E-state index is 6.28. The average Bonchev–Trinajstić information content (AvgIpc) is 2.37. The van der Waals surface area contributed by atoms with E-state index in [2.05, 4.69) is 28.9 Å². The van der Waals surface area contributed by atoms with Crippen LogP contribution in [0.4, 0.5) is 5.69 Å². The molecule has 1 aromatic rings. The Hall–Kier alpha value is -1.17. The van der Waals surface area contributed by atoms with Gasteiger partial charge in [0, 0.05) is 49.8 Å². The zero-order valence-electron chi connectivity index (χ0n) is 11.9.